The van der Waals surface area contributed by atoms with Crippen LogP contribution in [0.3, 0.4) is 0 Å². The van der Waals surface area contributed by atoms with E-state index in [2.05, 4.69) is 217 Å². The van der Waals surface area contributed by atoms with Crippen LogP contribution in [0.5, 0.6) is 0 Å². The summed E-state index contributed by atoms with van der Waals surface area (Å²) in [6, 6.07) is 50.5. The van der Waals surface area contributed by atoms with Gasteiger partial charge in [-0.25, -0.2) is 0 Å². The molecule has 0 spiro atoms. The maximum Gasteiger partial charge on any atom is 0.213 e. The Morgan fingerprint density at radius 1 is 0.355 bits per heavy atom. The average Bonchev–Trinajstić information content (AvgIpc) is 3.26. The average molecular weight is 811 g/mol. The SMILES string of the molecule is Cc1cc(CCc2cc(CCc3cc(C)c(C)c(-c4ccc5ccc(C)cc5[n+]4C)c3)c(C)c(-c3ccc4c(C)cccc4[n+]3C)c2)c(C)c(-c2ccc3ccccc3[n+]2C)c1. The van der Waals surface area contributed by atoms with Gasteiger partial charge in [-0.3, -0.25) is 0 Å². The highest BCUT2D eigenvalue weighted by Crippen LogP contribution is 2.33. The molecule has 6 aromatic carbocycles. The van der Waals surface area contributed by atoms with E-state index in [4.69, 9.17) is 0 Å². The van der Waals surface area contributed by atoms with Crippen LogP contribution in [0.4, 0.5) is 0 Å². The van der Waals surface area contributed by atoms with Gasteiger partial charge >= 0.3 is 0 Å². The minimum absolute atomic E-state index is 0.968. The second-order valence-corrected chi connectivity index (χ2v) is 18.1. The summed E-state index contributed by atoms with van der Waals surface area (Å²) in [5, 5.41) is 3.83. The second-order valence-electron chi connectivity index (χ2n) is 18.1. The number of nitrogens with zero attached hydrogens (tertiary/aromatic N) is 3. The van der Waals surface area contributed by atoms with Gasteiger partial charge in [-0.2, -0.15) is 13.7 Å². The van der Waals surface area contributed by atoms with Crippen molar-refractivity contribution in [2.75, 3.05) is 0 Å². The van der Waals surface area contributed by atoms with Crippen LogP contribution in [0.15, 0.2) is 133 Å². The Balaban J connectivity index is 1.09. The van der Waals surface area contributed by atoms with Gasteiger partial charge in [-0.1, -0.05) is 48.5 Å². The molecule has 0 amide bonds. The van der Waals surface area contributed by atoms with Gasteiger partial charge in [0.25, 0.3) is 0 Å². The van der Waals surface area contributed by atoms with Gasteiger partial charge in [0.05, 0.1) is 0 Å². The van der Waals surface area contributed by atoms with E-state index in [0.717, 1.165) is 25.7 Å². The number of benzene rings is 6. The van der Waals surface area contributed by atoms with Crippen LogP contribution >= 0.6 is 0 Å². The summed E-state index contributed by atoms with van der Waals surface area (Å²) in [7, 11) is 6.65. The zero-order chi connectivity index (χ0) is 43.4. The van der Waals surface area contributed by atoms with Gasteiger partial charge in [0.1, 0.15) is 21.1 Å². The third kappa shape index (κ3) is 7.49. The van der Waals surface area contributed by atoms with Crippen LogP contribution in [0, 0.1) is 48.5 Å². The number of aromatic nitrogens is 3. The standard InChI is InChI=1S/C59H60N3/c1-37-18-21-47-25-28-57(62(10)59(47)32-37)52-35-44(33-40(4)41(52)5)19-23-49-34-45(36-53(43(49)7)58-29-26-50-39(3)14-13-17-55(50)61(58)9)20-22-48-30-38(2)31-51(42(48)6)56-27-24-46-15-11-12-16-54(46)60(56)8/h11-18,21,24-36H,19-20,22-23H2,1-10H3/q+3. The lowest BCUT2D eigenvalue weighted by Crippen LogP contribution is -2.32. The molecule has 62 heavy (non-hydrogen) atoms. The molecule has 0 aliphatic rings. The van der Waals surface area contributed by atoms with Gasteiger partial charge in [-0.05, 0) is 184 Å². The van der Waals surface area contributed by atoms with E-state index < -0.39 is 0 Å². The van der Waals surface area contributed by atoms with E-state index in [9.17, 15) is 0 Å². The molecule has 0 saturated carbocycles. The number of pyridine rings is 3. The molecule has 0 radical (unpaired) electrons. The highest BCUT2D eigenvalue weighted by Gasteiger charge is 2.23. The number of para-hydroxylation sites is 1. The number of hydrogen-bond donors (Lipinski definition) is 0. The predicted molar refractivity (Wildman–Crippen MR) is 260 cm³/mol. The van der Waals surface area contributed by atoms with Gasteiger partial charge in [0.2, 0.25) is 33.6 Å². The monoisotopic (exact) mass is 810 g/mol. The van der Waals surface area contributed by atoms with Crippen molar-refractivity contribution in [1.29, 1.82) is 0 Å². The minimum atomic E-state index is 0.968. The molecule has 0 aliphatic heterocycles. The Morgan fingerprint density at radius 3 is 1.60 bits per heavy atom. The molecule has 0 bridgehead atoms. The Hall–Kier alpha value is -6.45. The van der Waals surface area contributed by atoms with Crippen LogP contribution in [0.1, 0.15) is 61.2 Å². The highest BCUT2D eigenvalue weighted by molar-refractivity contribution is 5.82. The van der Waals surface area contributed by atoms with Crippen LogP contribution in [0.25, 0.3) is 66.5 Å². The zero-order valence-electron chi connectivity index (χ0n) is 38.4. The lowest BCUT2D eigenvalue weighted by Gasteiger charge is -2.17. The summed E-state index contributed by atoms with van der Waals surface area (Å²) in [6.45, 7) is 15.9. The van der Waals surface area contributed by atoms with Crippen LogP contribution < -0.4 is 13.7 Å². The minimum Gasteiger partial charge on any atom is -0.194 e. The first-order chi connectivity index (χ1) is 29.9. The molecule has 3 aromatic heterocycles. The predicted octanol–water partition coefficient (Wildman–Crippen LogP) is 12.4. The fourth-order valence-corrected chi connectivity index (χ4v) is 10.1. The number of hydrogen-bond acceptors (Lipinski definition) is 0. The first kappa shape index (κ1) is 40.9. The molecule has 0 saturated heterocycles. The molecule has 0 atom stereocenters. The molecule has 0 N–H and O–H groups in total. The lowest BCUT2D eigenvalue weighted by atomic mass is 9.88. The third-order valence-corrected chi connectivity index (χ3v) is 14.0. The van der Waals surface area contributed by atoms with Crippen LogP contribution in [-0.2, 0) is 46.8 Å². The summed E-state index contributed by atoms with van der Waals surface area (Å²) >= 11 is 0. The molecule has 0 fully saturated rings. The van der Waals surface area contributed by atoms with Crippen molar-refractivity contribution in [3.8, 4) is 33.8 Å². The number of fused-ring (bicyclic) bond motifs is 3. The van der Waals surface area contributed by atoms with Crippen LogP contribution in [0.2, 0.25) is 0 Å². The third-order valence-electron chi connectivity index (χ3n) is 14.0. The molecule has 3 heterocycles. The maximum absolute atomic E-state index is 2.52. The van der Waals surface area contributed by atoms with Crippen molar-refractivity contribution in [3.63, 3.8) is 0 Å². The van der Waals surface area contributed by atoms with Crippen LogP contribution in [-0.4, -0.2) is 0 Å². The van der Waals surface area contributed by atoms with E-state index in [-0.39, 0.29) is 0 Å². The van der Waals surface area contributed by atoms with Crippen molar-refractivity contribution >= 4 is 32.7 Å². The lowest BCUT2D eigenvalue weighted by molar-refractivity contribution is -0.633. The fraction of sp³-hybridized carbons (Fsp3) is 0.237. The largest absolute Gasteiger partial charge is 0.213 e. The van der Waals surface area contributed by atoms with E-state index in [1.54, 1.807) is 0 Å². The quantitative estimate of drug-likeness (QED) is 0.129. The first-order valence-corrected chi connectivity index (χ1v) is 22.4. The Morgan fingerprint density at radius 2 is 0.887 bits per heavy atom. The maximum atomic E-state index is 2.52. The molecule has 3 heteroatoms. The van der Waals surface area contributed by atoms with E-state index in [1.807, 2.05) is 0 Å². The van der Waals surface area contributed by atoms with Gasteiger partial charge < -0.3 is 0 Å². The Kier molecular flexibility index (Phi) is 10.9. The number of aryl methyl sites for hydroxylation is 11. The molecular weight excluding hydrogens is 751 g/mol. The van der Waals surface area contributed by atoms with E-state index in [0.29, 0.717) is 0 Å². The van der Waals surface area contributed by atoms with Crippen molar-refractivity contribution in [2.24, 2.45) is 21.1 Å². The molecule has 9 rings (SSSR count). The molecule has 3 nitrogen and oxygen atoms in total. The zero-order valence-corrected chi connectivity index (χ0v) is 38.4. The van der Waals surface area contributed by atoms with E-state index >= 15 is 0 Å². The Labute approximate surface area is 368 Å². The van der Waals surface area contributed by atoms with Gasteiger partial charge in [0, 0.05) is 69.2 Å². The van der Waals surface area contributed by atoms with Crippen molar-refractivity contribution in [1.82, 2.24) is 0 Å². The topological polar surface area (TPSA) is 11.6 Å². The normalized spacial score (nSPS) is 11.6. The summed E-state index contributed by atoms with van der Waals surface area (Å²) in [6.07, 6.45) is 3.89. The number of rotatable bonds is 9. The van der Waals surface area contributed by atoms with E-state index in [1.165, 1.54) is 128 Å². The summed E-state index contributed by atoms with van der Waals surface area (Å²) < 4.78 is 7.13. The second kappa shape index (κ2) is 16.4. The highest BCUT2D eigenvalue weighted by atomic mass is 14.9. The molecular formula is C59H60N3+3. The molecule has 0 aliphatic carbocycles. The summed E-state index contributed by atoms with van der Waals surface area (Å²) in [5.74, 6) is 0. The Bertz CT molecular complexity index is 3240. The van der Waals surface area contributed by atoms with Crippen molar-refractivity contribution in [3.05, 3.63) is 195 Å². The van der Waals surface area contributed by atoms with Crippen molar-refractivity contribution < 1.29 is 13.7 Å². The van der Waals surface area contributed by atoms with Gasteiger partial charge in [0.15, 0.2) is 0 Å². The summed E-state index contributed by atoms with van der Waals surface area (Å²) in [4.78, 5) is 0. The molecule has 308 valence electrons. The summed E-state index contributed by atoms with van der Waals surface area (Å²) in [5.41, 5.74) is 26.5. The first-order valence-electron chi connectivity index (χ1n) is 22.4. The van der Waals surface area contributed by atoms with Gasteiger partial charge in [-0.15, -0.1) is 0 Å². The smallest absolute Gasteiger partial charge is 0.194 e. The fourth-order valence-electron chi connectivity index (χ4n) is 10.1. The molecule has 9 aromatic rings. The van der Waals surface area contributed by atoms with Crippen molar-refractivity contribution in [2.45, 2.75) is 74.1 Å². The molecule has 0 unspecified atom stereocenters.